The van der Waals surface area contributed by atoms with E-state index in [1.807, 2.05) is 24.3 Å². The number of phenols is 1. The molecular formula is C16H11BrN2O4. The van der Waals surface area contributed by atoms with Crippen molar-refractivity contribution < 1.29 is 19.1 Å². The van der Waals surface area contributed by atoms with Crippen LogP contribution in [0.4, 0.5) is 0 Å². The van der Waals surface area contributed by atoms with E-state index in [-0.39, 0.29) is 23.8 Å². The maximum absolute atomic E-state index is 11.9. The predicted octanol–water partition coefficient (Wildman–Crippen LogP) is 3.56. The van der Waals surface area contributed by atoms with Crippen molar-refractivity contribution in [2.75, 3.05) is 0 Å². The summed E-state index contributed by atoms with van der Waals surface area (Å²) in [6, 6.07) is 13.3. The molecule has 3 aromatic rings. The van der Waals surface area contributed by atoms with Crippen molar-refractivity contribution in [3.05, 3.63) is 64.5 Å². The summed E-state index contributed by atoms with van der Waals surface area (Å²) in [7, 11) is 0. The van der Waals surface area contributed by atoms with Gasteiger partial charge in [-0.3, -0.25) is 0 Å². The second kappa shape index (κ2) is 6.62. The standard InChI is InChI=1S/C16H11BrN2O4/c17-13-7-2-1-6-12(13)15-19-18-14(23-15)9-22-16(21)10-4-3-5-11(20)8-10/h1-8,20H,9H2. The van der Waals surface area contributed by atoms with E-state index in [0.29, 0.717) is 5.89 Å². The Bertz CT molecular complexity index is 847. The summed E-state index contributed by atoms with van der Waals surface area (Å²) in [6.45, 7) is -0.147. The SMILES string of the molecule is O=C(OCc1nnc(-c2ccccc2Br)o1)c1cccc(O)c1. The molecule has 0 spiro atoms. The normalized spacial score (nSPS) is 10.5. The van der Waals surface area contributed by atoms with Crippen LogP contribution in [-0.2, 0) is 11.3 Å². The Hall–Kier alpha value is -2.67. The molecule has 0 amide bonds. The molecule has 0 saturated carbocycles. The second-order valence-electron chi connectivity index (χ2n) is 4.61. The van der Waals surface area contributed by atoms with Crippen LogP contribution in [0.25, 0.3) is 11.5 Å². The van der Waals surface area contributed by atoms with Gasteiger partial charge in [0.2, 0.25) is 5.89 Å². The molecule has 0 fully saturated rings. The molecule has 1 N–H and O–H groups in total. The van der Waals surface area contributed by atoms with Crippen molar-refractivity contribution in [3.63, 3.8) is 0 Å². The Kier molecular flexibility index (Phi) is 4.38. The maximum atomic E-state index is 11.9. The zero-order valence-corrected chi connectivity index (χ0v) is 13.4. The highest BCUT2D eigenvalue weighted by Gasteiger charge is 2.14. The monoisotopic (exact) mass is 374 g/mol. The highest BCUT2D eigenvalue weighted by Crippen LogP contribution is 2.26. The molecule has 0 bridgehead atoms. The van der Waals surface area contributed by atoms with E-state index in [2.05, 4.69) is 26.1 Å². The summed E-state index contributed by atoms with van der Waals surface area (Å²) in [5.41, 5.74) is 1.00. The average molecular weight is 375 g/mol. The fourth-order valence-electron chi connectivity index (χ4n) is 1.90. The molecule has 7 heteroatoms. The van der Waals surface area contributed by atoms with Gasteiger partial charge in [0.05, 0.1) is 11.1 Å². The second-order valence-corrected chi connectivity index (χ2v) is 5.46. The van der Waals surface area contributed by atoms with Gasteiger partial charge in [0.25, 0.3) is 5.89 Å². The van der Waals surface area contributed by atoms with E-state index in [1.165, 1.54) is 12.1 Å². The number of carbonyl (C=O) groups excluding carboxylic acids is 1. The largest absolute Gasteiger partial charge is 0.508 e. The number of halogens is 1. The third-order valence-electron chi connectivity index (χ3n) is 2.98. The minimum Gasteiger partial charge on any atom is -0.508 e. The first kappa shape index (κ1) is 15.2. The van der Waals surface area contributed by atoms with E-state index in [1.54, 1.807) is 12.1 Å². The van der Waals surface area contributed by atoms with Gasteiger partial charge in [-0.1, -0.05) is 18.2 Å². The van der Waals surface area contributed by atoms with Gasteiger partial charge in [-0.2, -0.15) is 0 Å². The fraction of sp³-hybridized carbons (Fsp3) is 0.0625. The number of nitrogens with zero attached hydrogens (tertiary/aromatic N) is 2. The van der Waals surface area contributed by atoms with E-state index in [0.717, 1.165) is 10.0 Å². The highest BCUT2D eigenvalue weighted by molar-refractivity contribution is 9.10. The first-order valence-corrected chi connectivity index (χ1v) is 7.46. The molecule has 23 heavy (non-hydrogen) atoms. The van der Waals surface area contributed by atoms with Crippen molar-refractivity contribution in [1.29, 1.82) is 0 Å². The maximum Gasteiger partial charge on any atom is 0.338 e. The van der Waals surface area contributed by atoms with Crippen LogP contribution in [-0.4, -0.2) is 21.3 Å². The van der Waals surface area contributed by atoms with E-state index >= 15 is 0 Å². The number of rotatable bonds is 4. The summed E-state index contributed by atoms with van der Waals surface area (Å²) < 4.78 is 11.4. The number of aromatic nitrogens is 2. The zero-order valence-electron chi connectivity index (χ0n) is 11.8. The number of benzene rings is 2. The topological polar surface area (TPSA) is 85.5 Å². The van der Waals surface area contributed by atoms with Gasteiger partial charge in [0.15, 0.2) is 6.61 Å². The van der Waals surface area contributed by atoms with Gasteiger partial charge < -0.3 is 14.3 Å². The Balaban J connectivity index is 1.68. The van der Waals surface area contributed by atoms with Gasteiger partial charge >= 0.3 is 5.97 Å². The van der Waals surface area contributed by atoms with Crippen molar-refractivity contribution in [2.24, 2.45) is 0 Å². The quantitative estimate of drug-likeness (QED) is 0.702. The van der Waals surface area contributed by atoms with Crippen molar-refractivity contribution in [1.82, 2.24) is 10.2 Å². The average Bonchev–Trinajstić information content (AvgIpc) is 3.02. The summed E-state index contributed by atoms with van der Waals surface area (Å²) >= 11 is 3.40. The molecule has 0 aliphatic carbocycles. The van der Waals surface area contributed by atoms with Crippen molar-refractivity contribution >= 4 is 21.9 Å². The lowest BCUT2D eigenvalue weighted by Crippen LogP contribution is -2.05. The molecule has 116 valence electrons. The van der Waals surface area contributed by atoms with Crippen LogP contribution < -0.4 is 0 Å². The van der Waals surface area contributed by atoms with Crippen LogP contribution in [0.3, 0.4) is 0 Å². The molecule has 0 unspecified atom stereocenters. The molecule has 3 rings (SSSR count). The summed E-state index contributed by atoms with van der Waals surface area (Å²) in [5.74, 6) is -0.0693. The molecule has 0 saturated heterocycles. The molecular weight excluding hydrogens is 364 g/mol. The molecule has 0 radical (unpaired) electrons. The predicted molar refractivity (Wildman–Crippen MR) is 84.7 cm³/mol. The van der Waals surface area contributed by atoms with Crippen LogP contribution in [0.2, 0.25) is 0 Å². The molecule has 0 aliphatic heterocycles. The Morgan fingerprint density at radius 3 is 2.78 bits per heavy atom. The molecule has 0 aliphatic rings. The summed E-state index contributed by atoms with van der Waals surface area (Å²) in [6.07, 6.45) is 0. The van der Waals surface area contributed by atoms with Crippen LogP contribution in [0, 0.1) is 0 Å². The first-order chi connectivity index (χ1) is 11.1. The third-order valence-corrected chi connectivity index (χ3v) is 3.67. The molecule has 6 nitrogen and oxygen atoms in total. The number of hydrogen-bond donors (Lipinski definition) is 1. The van der Waals surface area contributed by atoms with Crippen molar-refractivity contribution in [3.8, 4) is 17.2 Å². The third kappa shape index (κ3) is 3.57. The summed E-state index contributed by atoms with van der Waals surface area (Å²) in [4.78, 5) is 11.9. The lowest BCUT2D eigenvalue weighted by molar-refractivity contribution is 0.0438. The number of hydrogen-bond acceptors (Lipinski definition) is 6. The van der Waals surface area contributed by atoms with Gasteiger partial charge in [-0.05, 0) is 46.3 Å². The zero-order chi connectivity index (χ0) is 16.2. The molecule has 1 aromatic heterocycles. The van der Waals surface area contributed by atoms with Crippen molar-refractivity contribution in [2.45, 2.75) is 6.61 Å². The smallest absolute Gasteiger partial charge is 0.338 e. The number of carbonyl (C=O) groups is 1. The minimum atomic E-state index is -0.582. The Morgan fingerprint density at radius 1 is 1.17 bits per heavy atom. The van der Waals surface area contributed by atoms with Gasteiger partial charge in [-0.15, -0.1) is 10.2 Å². The Labute approximate surface area is 139 Å². The highest BCUT2D eigenvalue weighted by atomic mass is 79.9. The van der Waals surface area contributed by atoms with Gasteiger partial charge in [0, 0.05) is 4.47 Å². The van der Waals surface area contributed by atoms with Gasteiger partial charge in [0.1, 0.15) is 5.75 Å². The molecule has 0 atom stereocenters. The fourth-order valence-corrected chi connectivity index (χ4v) is 2.35. The molecule has 2 aromatic carbocycles. The van der Waals surface area contributed by atoms with E-state index in [9.17, 15) is 9.90 Å². The first-order valence-electron chi connectivity index (χ1n) is 6.67. The number of ether oxygens (including phenoxy) is 1. The van der Waals surface area contributed by atoms with Crippen LogP contribution >= 0.6 is 15.9 Å². The number of esters is 1. The van der Waals surface area contributed by atoms with E-state index < -0.39 is 5.97 Å². The van der Waals surface area contributed by atoms with Crippen LogP contribution in [0.5, 0.6) is 5.75 Å². The van der Waals surface area contributed by atoms with Crippen LogP contribution in [0.15, 0.2) is 57.4 Å². The summed E-state index contributed by atoms with van der Waals surface area (Å²) in [5, 5.41) is 17.1. The number of aromatic hydroxyl groups is 1. The van der Waals surface area contributed by atoms with Gasteiger partial charge in [-0.25, -0.2) is 4.79 Å². The van der Waals surface area contributed by atoms with Crippen LogP contribution in [0.1, 0.15) is 16.2 Å². The number of phenolic OH excluding ortho intramolecular Hbond substituents is 1. The Morgan fingerprint density at radius 2 is 2.00 bits per heavy atom. The molecule has 1 heterocycles. The lowest BCUT2D eigenvalue weighted by atomic mass is 10.2. The minimum absolute atomic E-state index is 0.00606. The lowest BCUT2D eigenvalue weighted by Gasteiger charge is -2.02. The van der Waals surface area contributed by atoms with E-state index in [4.69, 9.17) is 9.15 Å².